The number of rotatable bonds is 8. The topological polar surface area (TPSA) is 86.2 Å². The van der Waals surface area contributed by atoms with E-state index in [2.05, 4.69) is 6.58 Å². The van der Waals surface area contributed by atoms with Gasteiger partial charge in [0.1, 0.15) is 0 Å². The van der Waals surface area contributed by atoms with Gasteiger partial charge in [0.2, 0.25) is 0 Å². The van der Waals surface area contributed by atoms with Crippen LogP contribution in [0.3, 0.4) is 0 Å². The normalized spacial score (nSPS) is 13.4. The molecule has 6 heteroatoms. The molecular weight excluding hydrogens is 244 g/mol. The summed E-state index contributed by atoms with van der Waals surface area (Å²) in [5, 5.41) is 0. The van der Waals surface area contributed by atoms with Gasteiger partial charge in [-0.1, -0.05) is 6.08 Å². The third-order valence-corrected chi connectivity index (χ3v) is 3.73. The fourth-order valence-corrected chi connectivity index (χ4v) is 2.24. The molecule has 0 aliphatic rings. The van der Waals surface area contributed by atoms with Gasteiger partial charge in [0, 0.05) is 45.1 Å². The van der Waals surface area contributed by atoms with Gasteiger partial charge in [-0.3, -0.25) is 8.42 Å². The van der Waals surface area contributed by atoms with Gasteiger partial charge in [0.25, 0.3) is 0 Å². The van der Waals surface area contributed by atoms with E-state index in [0.29, 0.717) is 24.6 Å². The van der Waals surface area contributed by atoms with Crippen molar-refractivity contribution in [1.29, 1.82) is 0 Å². The molecule has 0 aromatic heterocycles. The Balaban J connectivity index is 0. The molecule has 0 heterocycles. The van der Waals surface area contributed by atoms with Crippen LogP contribution in [-0.4, -0.2) is 45.0 Å². The molecule has 16 heavy (non-hydrogen) atoms. The number of nitrogens with two attached hydrogens (primary N) is 2. The van der Waals surface area contributed by atoms with Crippen molar-refractivity contribution in [3.63, 3.8) is 0 Å². The van der Waals surface area contributed by atoms with Crippen LogP contribution in [0.4, 0.5) is 0 Å². The monoisotopic (exact) mass is 268 g/mol. The van der Waals surface area contributed by atoms with E-state index in [1.165, 1.54) is 0 Å². The first-order valence-electron chi connectivity index (χ1n) is 5.24. The van der Waals surface area contributed by atoms with Crippen molar-refractivity contribution in [1.82, 2.24) is 0 Å². The fraction of sp³-hybridized carbons (Fsp3) is 0.800. The van der Waals surface area contributed by atoms with E-state index < -0.39 is 21.6 Å². The molecule has 0 aromatic rings. The number of hydrogen-bond acceptors (Lipinski definition) is 4. The minimum Gasteiger partial charge on any atom is -0.330 e. The van der Waals surface area contributed by atoms with Crippen LogP contribution in [0.25, 0.3) is 0 Å². The van der Waals surface area contributed by atoms with Gasteiger partial charge in [-0.05, 0) is 25.9 Å². The Kier molecular flexibility index (Phi) is 17.1. The van der Waals surface area contributed by atoms with E-state index in [-0.39, 0.29) is 0 Å². The van der Waals surface area contributed by atoms with E-state index in [4.69, 9.17) is 11.5 Å². The molecule has 2 unspecified atom stereocenters. The van der Waals surface area contributed by atoms with Crippen molar-refractivity contribution in [3.8, 4) is 0 Å². The van der Waals surface area contributed by atoms with Gasteiger partial charge in [-0.25, -0.2) is 0 Å². The SMILES string of the molecule is C=CCS(=O)CCCN.CS(=O)CCCN. The van der Waals surface area contributed by atoms with Crippen LogP contribution in [0.5, 0.6) is 0 Å². The Labute approximate surface area is 104 Å². The molecule has 0 saturated heterocycles. The first-order valence-corrected chi connectivity index (χ1v) is 8.46. The fourth-order valence-electron chi connectivity index (χ4n) is 0.746. The lowest BCUT2D eigenvalue weighted by molar-refractivity contribution is 0.682. The Morgan fingerprint density at radius 2 is 1.62 bits per heavy atom. The Morgan fingerprint density at radius 1 is 1.12 bits per heavy atom. The van der Waals surface area contributed by atoms with Gasteiger partial charge < -0.3 is 11.5 Å². The van der Waals surface area contributed by atoms with Gasteiger partial charge in [0.05, 0.1) is 0 Å². The molecule has 0 saturated carbocycles. The van der Waals surface area contributed by atoms with E-state index >= 15 is 0 Å². The average Bonchev–Trinajstić information content (AvgIpc) is 2.25. The highest BCUT2D eigenvalue weighted by Gasteiger charge is 1.92. The predicted octanol–water partition coefficient (Wildman–Crippen LogP) is -0.0164. The highest BCUT2D eigenvalue weighted by atomic mass is 32.2. The van der Waals surface area contributed by atoms with Crippen LogP contribution in [0.1, 0.15) is 12.8 Å². The summed E-state index contributed by atoms with van der Waals surface area (Å²) >= 11 is 0. The van der Waals surface area contributed by atoms with Crippen LogP contribution < -0.4 is 11.5 Å². The van der Waals surface area contributed by atoms with Crippen LogP contribution in [0.15, 0.2) is 12.7 Å². The molecule has 0 aliphatic carbocycles. The molecule has 4 N–H and O–H groups in total. The van der Waals surface area contributed by atoms with Gasteiger partial charge in [-0.15, -0.1) is 6.58 Å². The van der Waals surface area contributed by atoms with Crippen LogP contribution >= 0.6 is 0 Å². The molecule has 0 rings (SSSR count). The van der Waals surface area contributed by atoms with Crippen molar-refractivity contribution >= 4 is 21.6 Å². The zero-order valence-corrected chi connectivity index (χ0v) is 11.7. The maximum atomic E-state index is 10.8. The van der Waals surface area contributed by atoms with Crippen LogP contribution in [0, 0.1) is 0 Å². The lowest BCUT2D eigenvalue weighted by Crippen LogP contribution is -2.07. The van der Waals surface area contributed by atoms with Crippen molar-refractivity contribution in [2.24, 2.45) is 11.5 Å². The van der Waals surface area contributed by atoms with Crippen molar-refractivity contribution in [2.75, 3.05) is 36.6 Å². The van der Waals surface area contributed by atoms with Gasteiger partial charge >= 0.3 is 0 Å². The summed E-state index contributed by atoms with van der Waals surface area (Å²) in [5.41, 5.74) is 10.4. The van der Waals surface area contributed by atoms with E-state index in [1.807, 2.05) is 0 Å². The molecule has 98 valence electrons. The molecule has 0 radical (unpaired) electrons. The Morgan fingerprint density at radius 3 is 1.94 bits per heavy atom. The van der Waals surface area contributed by atoms with Crippen LogP contribution in [-0.2, 0) is 21.6 Å². The quantitative estimate of drug-likeness (QED) is 0.606. The first-order chi connectivity index (χ1) is 7.58. The zero-order chi connectivity index (χ0) is 12.8. The zero-order valence-electron chi connectivity index (χ0n) is 10.0. The average molecular weight is 268 g/mol. The van der Waals surface area contributed by atoms with E-state index in [9.17, 15) is 8.42 Å². The van der Waals surface area contributed by atoms with Crippen molar-refractivity contribution in [3.05, 3.63) is 12.7 Å². The molecule has 0 bridgehead atoms. The second-order valence-corrected chi connectivity index (χ2v) is 6.34. The second kappa shape index (κ2) is 15.0. The minimum absolute atomic E-state index is 0.597. The highest BCUT2D eigenvalue weighted by molar-refractivity contribution is 7.85. The largest absolute Gasteiger partial charge is 0.330 e. The lowest BCUT2D eigenvalue weighted by Gasteiger charge is -1.94. The maximum absolute atomic E-state index is 10.8. The molecule has 0 amide bonds. The molecule has 2 atom stereocenters. The van der Waals surface area contributed by atoms with Gasteiger partial charge in [0.15, 0.2) is 0 Å². The van der Waals surface area contributed by atoms with Crippen molar-refractivity contribution < 1.29 is 8.42 Å². The summed E-state index contributed by atoms with van der Waals surface area (Å²) in [5.74, 6) is 2.05. The molecule has 0 fully saturated rings. The van der Waals surface area contributed by atoms with Crippen LogP contribution in [0.2, 0.25) is 0 Å². The van der Waals surface area contributed by atoms with E-state index in [1.54, 1.807) is 12.3 Å². The van der Waals surface area contributed by atoms with Crippen molar-refractivity contribution in [2.45, 2.75) is 12.8 Å². The first kappa shape index (κ1) is 18.3. The summed E-state index contributed by atoms with van der Waals surface area (Å²) in [4.78, 5) is 0. The third-order valence-electron chi connectivity index (χ3n) is 1.52. The summed E-state index contributed by atoms with van der Waals surface area (Å²) in [6.07, 6.45) is 5.09. The highest BCUT2D eigenvalue weighted by Crippen LogP contribution is 1.85. The second-order valence-electron chi connectivity index (χ2n) is 3.16. The predicted molar refractivity (Wildman–Crippen MR) is 74.3 cm³/mol. The molecule has 0 aromatic carbocycles. The minimum atomic E-state index is -0.718. The molecule has 4 nitrogen and oxygen atoms in total. The standard InChI is InChI=1S/C6H13NOS.C4H11NOS/c1-2-5-9(8)6-3-4-7;1-7(6)4-2-3-5/h2H,1,3-7H2;2-5H2,1H3. The Hall–Kier alpha value is -0.0400. The molecular formula is C10H24N2O2S2. The van der Waals surface area contributed by atoms with Gasteiger partial charge in [-0.2, -0.15) is 0 Å². The lowest BCUT2D eigenvalue weighted by atomic mass is 10.5. The van der Waals surface area contributed by atoms with E-state index in [0.717, 1.165) is 18.6 Å². The third kappa shape index (κ3) is 19.5. The summed E-state index contributed by atoms with van der Waals surface area (Å²) in [7, 11) is -1.36. The maximum Gasteiger partial charge on any atom is 0.0412 e. The molecule has 0 aliphatic heterocycles. The summed E-state index contributed by atoms with van der Waals surface area (Å²) < 4.78 is 21.0. The number of hydrogen-bond donors (Lipinski definition) is 2. The Bertz CT molecular complexity index is 211. The summed E-state index contributed by atoms with van der Waals surface area (Å²) in [6, 6.07) is 0. The molecule has 0 spiro atoms. The summed E-state index contributed by atoms with van der Waals surface area (Å²) in [6.45, 7) is 4.76. The smallest absolute Gasteiger partial charge is 0.0412 e.